The van der Waals surface area contributed by atoms with Crippen molar-refractivity contribution in [1.29, 1.82) is 2.67 Å². The number of fused-ring (bicyclic) bond motifs is 1. The van der Waals surface area contributed by atoms with Crippen molar-refractivity contribution in [3.63, 3.8) is 0 Å². The average Bonchev–Trinajstić information content (AvgIpc) is 3.13. The largest absolute Gasteiger partial charge is 0.437 e. The van der Waals surface area contributed by atoms with E-state index >= 15 is 0 Å². The van der Waals surface area contributed by atoms with Crippen molar-refractivity contribution in [1.82, 2.24) is 19.5 Å². The van der Waals surface area contributed by atoms with Crippen molar-refractivity contribution in [2.45, 2.75) is 44.6 Å². The van der Waals surface area contributed by atoms with Crippen LogP contribution < -0.4 is 0 Å². The summed E-state index contributed by atoms with van der Waals surface area (Å²) < 4.78 is 47.3. The zero-order valence-corrected chi connectivity index (χ0v) is 15.4. The highest BCUT2D eigenvalue weighted by atomic mass is 35.5. The zero-order valence-electron chi connectivity index (χ0n) is 16.6. The van der Waals surface area contributed by atoms with Crippen molar-refractivity contribution in [2.75, 3.05) is 13.3 Å². The molecule has 0 radical (unpaired) electrons. The highest BCUT2D eigenvalue weighted by Crippen LogP contribution is 2.42. The van der Waals surface area contributed by atoms with E-state index in [1.165, 1.54) is 24.5 Å². The number of ether oxygens (including phenoxy) is 1. The van der Waals surface area contributed by atoms with Gasteiger partial charge in [-0.1, -0.05) is 25.2 Å². The van der Waals surface area contributed by atoms with Gasteiger partial charge in [0.15, 0.2) is 22.6 Å². The fraction of sp³-hybridized carbons (Fsp3) is 0.643. The van der Waals surface area contributed by atoms with Crippen LogP contribution in [-0.4, -0.2) is 73.3 Å². The molecule has 0 unspecified atom stereocenters. The highest BCUT2D eigenvalue weighted by molar-refractivity contribution is 6.33. The van der Waals surface area contributed by atoms with Gasteiger partial charge in [-0.05, 0) is 6.92 Å². The van der Waals surface area contributed by atoms with E-state index in [0.717, 1.165) is 0 Å². The van der Waals surface area contributed by atoms with E-state index in [-0.39, 0.29) is 22.9 Å². The molecule has 1 aliphatic rings. The summed E-state index contributed by atoms with van der Waals surface area (Å²) in [7, 11) is -1.89. The first-order valence-electron chi connectivity index (χ1n) is 9.25. The number of imidazole rings is 1. The van der Waals surface area contributed by atoms with Crippen LogP contribution in [0.25, 0.3) is 11.2 Å². The third kappa shape index (κ3) is 3.22. The van der Waals surface area contributed by atoms with Crippen molar-refractivity contribution < 1.29 is 23.5 Å². The van der Waals surface area contributed by atoms with Gasteiger partial charge < -0.3 is 19.2 Å². The minimum atomic E-state index is -2.13. The van der Waals surface area contributed by atoms with Crippen LogP contribution in [0.15, 0.2) is 6.33 Å². The second-order valence-electron chi connectivity index (χ2n) is 5.90. The van der Waals surface area contributed by atoms with Crippen LogP contribution in [0.3, 0.4) is 0 Å². The van der Waals surface area contributed by atoms with Crippen LogP contribution in [0.1, 0.15) is 12.1 Å². The van der Waals surface area contributed by atoms with Gasteiger partial charge in [-0.2, -0.15) is 0 Å². The van der Waals surface area contributed by atoms with Crippen LogP contribution in [0, 0.1) is 6.92 Å². The standard InChI is InChI=1S/C14H20B2ClFN4O4/c1-7-20-11(17)9-12(21-7)22(6-19-9)13-14(23,5-18)10(26-16-3)8(25-13)4-24-15-2/h6,8,10,13,15-16,23H,4-5H2,1-3H3/t8-,10-,13-,14-/m1/s1/i15D,16D. The number of alkyl halides is 1. The summed E-state index contributed by atoms with van der Waals surface area (Å²) in [4.78, 5) is 12.4. The van der Waals surface area contributed by atoms with Crippen LogP contribution in [0.5, 0.6) is 0 Å². The zero-order chi connectivity index (χ0) is 20.6. The lowest BCUT2D eigenvalue weighted by molar-refractivity contribution is -0.114. The molecule has 1 N–H and O–H groups in total. The van der Waals surface area contributed by atoms with Crippen molar-refractivity contribution in [3.8, 4) is 0 Å². The number of halogens is 2. The first kappa shape index (κ1) is 16.9. The fourth-order valence-corrected chi connectivity index (χ4v) is 3.35. The predicted molar refractivity (Wildman–Crippen MR) is 96.8 cm³/mol. The number of hydrogen-bond acceptors (Lipinski definition) is 7. The molecule has 1 saturated heterocycles. The normalized spacial score (nSPS) is 29.7. The number of aryl methyl sites for hydroxylation is 1. The molecule has 1 fully saturated rings. The summed E-state index contributed by atoms with van der Waals surface area (Å²) in [6.45, 7) is 3.27. The second kappa shape index (κ2) is 7.77. The Morgan fingerprint density at radius 2 is 2.27 bits per heavy atom. The Kier molecular flexibility index (Phi) is 5.05. The third-order valence-corrected chi connectivity index (χ3v) is 4.49. The Morgan fingerprint density at radius 3 is 2.92 bits per heavy atom. The molecule has 1 aliphatic heterocycles. The molecule has 3 rings (SSSR count). The minimum absolute atomic E-state index is 0.123. The SMILES string of the molecule is [2H]B(C)OC[C@H]1O[C@@H](n2cnc3c(Cl)nc(C)nc32)[C@@](O)(CF)[C@@H]1OB([2H])C. The monoisotopic (exact) mass is 386 g/mol. The molecular weight excluding hydrogens is 364 g/mol. The third-order valence-electron chi connectivity index (χ3n) is 4.23. The molecule has 0 spiro atoms. The summed E-state index contributed by atoms with van der Waals surface area (Å²) in [5, 5.41) is 11.3. The quantitative estimate of drug-likeness (QED) is 0.550. The van der Waals surface area contributed by atoms with Gasteiger partial charge in [-0.15, -0.1) is 0 Å². The number of nitrogens with zero attached hydrogens (tertiary/aromatic N) is 4. The molecule has 140 valence electrons. The lowest BCUT2D eigenvalue weighted by Crippen LogP contribution is -2.50. The summed E-state index contributed by atoms with van der Waals surface area (Å²) >= 11 is 6.10. The molecule has 8 nitrogen and oxygen atoms in total. The van der Waals surface area contributed by atoms with Gasteiger partial charge in [-0.3, -0.25) is 4.57 Å². The van der Waals surface area contributed by atoms with E-state index in [9.17, 15) is 9.50 Å². The first-order valence-corrected chi connectivity index (χ1v) is 8.47. The maximum absolute atomic E-state index is 14.1. The first-order chi connectivity index (χ1) is 13.2. The number of aromatic nitrogens is 4. The average molecular weight is 386 g/mol. The van der Waals surface area contributed by atoms with Crippen LogP contribution in [0.4, 0.5) is 4.39 Å². The maximum atomic E-state index is 14.1. The van der Waals surface area contributed by atoms with Gasteiger partial charge in [0.2, 0.25) is 0 Å². The van der Waals surface area contributed by atoms with E-state index in [4.69, 9.17) is 28.3 Å². The Balaban J connectivity index is 2.04. The second-order valence-corrected chi connectivity index (χ2v) is 6.26. The Bertz CT molecular complexity index is 851. The van der Waals surface area contributed by atoms with E-state index < -0.39 is 45.6 Å². The molecule has 12 heteroatoms. The topological polar surface area (TPSA) is 91.5 Å². The van der Waals surface area contributed by atoms with Crippen LogP contribution in [0.2, 0.25) is 18.8 Å². The molecule has 0 aliphatic carbocycles. The molecule has 0 aromatic carbocycles. The lowest BCUT2D eigenvalue weighted by atomic mass is 9.92. The smallest absolute Gasteiger partial charge is 0.272 e. The maximum Gasteiger partial charge on any atom is 0.272 e. The van der Waals surface area contributed by atoms with Gasteiger partial charge in [0, 0.05) is 2.67 Å². The Hall–Kier alpha value is -1.26. The van der Waals surface area contributed by atoms with Crippen molar-refractivity contribution in [3.05, 3.63) is 17.3 Å². The Morgan fingerprint density at radius 1 is 1.50 bits per heavy atom. The fourth-order valence-electron chi connectivity index (χ4n) is 3.09. The van der Waals surface area contributed by atoms with Crippen LogP contribution >= 0.6 is 11.6 Å². The van der Waals surface area contributed by atoms with E-state index in [2.05, 4.69) is 15.0 Å². The molecule has 3 heterocycles. The van der Waals surface area contributed by atoms with E-state index in [1.54, 1.807) is 6.92 Å². The molecule has 0 amide bonds. The van der Waals surface area contributed by atoms with E-state index in [0.29, 0.717) is 5.82 Å². The number of hydrogen-bond donors (Lipinski definition) is 1. The van der Waals surface area contributed by atoms with Crippen molar-refractivity contribution in [2.24, 2.45) is 0 Å². The molecule has 0 saturated carbocycles. The molecule has 0 bridgehead atoms. The van der Waals surface area contributed by atoms with Gasteiger partial charge >= 0.3 is 0 Å². The van der Waals surface area contributed by atoms with Gasteiger partial charge in [-0.25, -0.2) is 19.3 Å². The van der Waals surface area contributed by atoms with Crippen LogP contribution in [-0.2, 0) is 14.0 Å². The van der Waals surface area contributed by atoms with Gasteiger partial charge in [0.25, 0.3) is 14.9 Å². The van der Waals surface area contributed by atoms with Crippen molar-refractivity contribution >= 4 is 37.7 Å². The highest BCUT2D eigenvalue weighted by Gasteiger charge is 2.57. The number of rotatable bonds is 7. The summed E-state index contributed by atoms with van der Waals surface area (Å²) in [5.41, 5.74) is -1.58. The molecule has 26 heavy (non-hydrogen) atoms. The summed E-state index contributed by atoms with van der Waals surface area (Å²) in [5.74, 6) is 0.372. The molecule has 4 atom stereocenters. The minimum Gasteiger partial charge on any atom is -0.437 e. The summed E-state index contributed by atoms with van der Waals surface area (Å²) in [6.07, 6.45) is -2.05. The molecular formula is C14H20B2ClFN4O4. The lowest BCUT2D eigenvalue weighted by Gasteiger charge is -2.31. The molecule has 2 aromatic rings. The van der Waals surface area contributed by atoms with Gasteiger partial charge in [0.1, 0.15) is 30.2 Å². The Labute approximate surface area is 159 Å². The number of aliphatic hydroxyl groups is 1. The molecule has 2 aromatic heterocycles. The van der Waals surface area contributed by atoms with E-state index in [1.807, 2.05) is 0 Å². The van der Waals surface area contributed by atoms with Gasteiger partial charge in [0.05, 0.1) is 12.9 Å². The summed E-state index contributed by atoms with van der Waals surface area (Å²) in [6, 6.07) is 0. The predicted octanol–water partition coefficient (Wildman–Crippen LogP) is 0.587.